The van der Waals surface area contributed by atoms with Crippen LogP contribution in [0.2, 0.25) is 5.02 Å². The summed E-state index contributed by atoms with van der Waals surface area (Å²) in [5.41, 5.74) is 0.0840. The van der Waals surface area contributed by atoms with Gasteiger partial charge in [0.15, 0.2) is 0 Å². The van der Waals surface area contributed by atoms with Gasteiger partial charge in [-0.05, 0) is 37.5 Å². The van der Waals surface area contributed by atoms with Crippen molar-refractivity contribution in [1.29, 1.82) is 0 Å². The Morgan fingerprint density at radius 1 is 1.46 bits per heavy atom. The molecule has 0 heterocycles. The van der Waals surface area contributed by atoms with Gasteiger partial charge in [-0.1, -0.05) is 11.6 Å². The van der Waals surface area contributed by atoms with Crippen molar-refractivity contribution in [2.45, 2.75) is 25.4 Å². The Balaban J connectivity index is 2.61. The molecule has 1 aliphatic carbocycles. The van der Waals surface area contributed by atoms with Crippen LogP contribution in [0.4, 0.5) is 4.39 Å². The van der Waals surface area contributed by atoms with E-state index in [1.54, 1.807) is 6.92 Å². The van der Waals surface area contributed by atoms with Crippen LogP contribution in [0.5, 0.6) is 0 Å². The maximum Gasteiger partial charge on any atom is 0.129 e. The summed E-state index contributed by atoms with van der Waals surface area (Å²) in [6, 6.07) is 2.82. The zero-order valence-electron chi connectivity index (χ0n) is 7.27. The molecule has 1 fully saturated rings. The maximum absolute atomic E-state index is 13.3. The number of rotatable bonds is 1. The highest BCUT2D eigenvalue weighted by Gasteiger charge is 2.45. The lowest BCUT2D eigenvalue weighted by atomic mass is 10.0. The molecule has 0 radical (unpaired) electrons. The molecule has 1 aromatic carbocycles. The second-order valence-corrected chi connectivity index (χ2v) is 3.97. The highest BCUT2D eigenvalue weighted by Crippen LogP contribution is 2.48. The van der Waals surface area contributed by atoms with Crippen LogP contribution in [0.25, 0.3) is 0 Å². The molecule has 1 N–H and O–H groups in total. The highest BCUT2D eigenvalue weighted by atomic mass is 35.5. The van der Waals surface area contributed by atoms with E-state index in [0.717, 1.165) is 0 Å². The number of hydrogen-bond acceptors (Lipinski definition) is 1. The molecular weight excluding hydrogens is 191 g/mol. The zero-order chi connectivity index (χ0) is 9.64. The Hall–Kier alpha value is -0.600. The van der Waals surface area contributed by atoms with Crippen LogP contribution >= 0.6 is 11.6 Å². The van der Waals surface area contributed by atoms with Crippen LogP contribution in [0.1, 0.15) is 24.0 Å². The summed E-state index contributed by atoms with van der Waals surface area (Å²) in [6.45, 7) is 1.73. The summed E-state index contributed by atoms with van der Waals surface area (Å²) in [6.07, 6.45) is 1.26. The smallest absolute Gasteiger partial charge is 0.129 e. The Kier molecular flexibility index (Phi) is 1.86. The fraction of sp³-hybridized carbons (Fsp3) is 0.400. The quantitative estimate of drug-likeness (QED) is 0.739. The summed E-state index contributed by atoms with van der Waals surface area (Å²) >= 11 is 5.84. The zero-order valence-corrected chi connectivity index (χ0v) is 8.03. The topological polar surface area (TPSA) is 20.2 Å². The van der Waals surface area contributed by atoms with Crippen LogP contribution in [0.3, 0.4) is 0 Å². The minimum atomic E-state index is -0.945. The van der Waals surface area contributed by atoms with E-state index in [0.29, 0.717) is 29.0 Å². The van der Waals surface area contributed by atoms with Gasteiger partial charge in [-0.2, -0.15) is 0 Å². The molecule has 1 aliphatic rings. The number of hydrogen-bond donors (Lipinski definition) is 1. The van der Waals surface area contributed by atoms with Gasteiger partial charge in [0, 0.05) is 10.6 Å². The summed E-state index contributed by atoms with van der Waals surface area (Å²) < 4.78 is 13.3. The maximum atomic E-state index is 13.3. The highest BCUT2D eigenvalue weighted by molar-refractivity contribution is 6.31. The van der Waals surface area contributed by atoms with E-state index in [2.05, 4.69) is 0 Å². The van der Waals surface area contributed by atoms with E-state index in [1.807, 2.05) is 0 Å². The lowest BCUT2D eigenvalue weighted by molar-refractivity contribution is 0.146. The molecule has 1 saturated carbocycles. The minimum Gasteiger partial charge on any atom is -0.385 e. The van der Waals surface area contributed by atoms with Crippen LogP contribution in [0.15, 0.2) is 12.1 Å². The van der Waals surface area contributed by atoms with Crippen LogP contribution in [-0.4, -0.2) is 5.11 Å². The standard InChI is InChI=1S/C10H10ClFO/c1-6-7(11)2-3-8(12)9(6)10(13)4-5-10/h2-3,13H,4-5H2,1H3. The second kappa shape index (κ2) is 2.69. The van der Waals surface area contributed by atoms with Crippen molar-refractivity contribution < 1.29 is 9.50 Å². The molecule has 0 bridgehead atoms. The van der Waals surface area contributed by atoms with Gasteiger partial charge in [0.1, 0.15) is 5.82 Å². The van der Waals surface area contributed by atoms with Crippen molar-refractivity contribution in [2.75, 3.05) is 0 Å². The molecule has 0 amide bonds. The average Bonchev–Trinajstić information content (AvgIpc) is 2.78. The minimum absolute atomic E-state index is 0.359. The Morgan fingerprint density at radius 2 is 2.08 bits per heavy atom. The van der Waals surface area contributed by atoms with Gasteiger partial charge >= 0.3 is 0 Å². The first kappa shape index (κ1) is 8.97. The summed E-state index contributed by atoms with van der Waals surface area (Å²) in [4.78, 5) is 0. The van der Waals surface area contributed by atoms with Gasteiger partial charge in [0.25, 0.3) is 0 Å². The Morgan fingerprint density at radius 3 is 2.62 bits per heavy atom. The SMILES string of the molecule is Cc1c(Cl)ccc(F)c1C1(O)CC1. The average molecular weight is 201 g/mol. The van der Waals surface area contributed by atoms with E-state index < -0.39 is 5.60 Å². The van der Waals surface area contributed by atoms with Gasteiger partial charge < -0.3 is 5.11 Å². The normalized spacial score (nSPS) is 18.8. The fourth-order valence-corrected chi connectivity index (χ4v) is 1.75. The molecule has 0 aliphatic heterocycles. The molecule has 1 aromatic rings. The van der Waals surface area contributed by atoms with Gasteiger partial charge in [0.05, 0.1) is 5.60 Å². The summed E-state index contributed by atoms with van der Waals surface area (Å²) in [7, 11) is 0. The molecule has 0 spiro atoms. The van der Waals surface area contributed by atoms with E-state index in [9.17, 15) is 9.50 Å². The van der Waals surface area contributed by atoms with E-state index in [4.69, 9.17) is 11.6 Å². The molecule has 0 saturated heterocycles. The molecular formula is C10H10ClFO. The Bertz CT molecular complexity index is 358. The second-order valence-electron chi connectivity index (χ2n) is 3.56. The van der Waals surface area contributed by atoms with Gasteiger partial charge in [0.2, 0.25) is 0 Å². The van der Waals surface area contributed by atoms with Gasteiger partial charge in [-0.3, -0.25) is 0 Å². The molecule has 2 rings (SSSR count). The van der Waals surface area contributed by atoms with E-state index >= 15 is 0 Å². The molecule has 1 nitrogen and oxygen atoms in total. The fourth-order valence-electron chi connectivity index (χ4n) is 1.59. The first-order chi connectivity index (χ1) is 6.04. The number of aliphatic hydroxyl groups is 1. The van der Waals surface area contributed by atoms with Gasteiger partial charge in [-0.25, -0.2) is 4.39 Å². The van der Waals surface area contributed by atoms with Crippen molar-refractivity contribution in [3.05, 3.63) is 34.1 Å². The van der Waals surface area contributed by atoms with Crippen molar-refractivity contribution >= 4 is 11.6 Å². The third-order valence-electron chi connectivity index (χ3n) is 2.54. The first-order valence-electron chi connectivity index (χ1n) is 4.22. The number of benzene rings is 1. The van der Waals surface area contributed by atoms with Crippen molar-refractivity contribution in [3.63, 3.8) is 0 Å². The van der Waals surface area contributed by atoms with Crippen LogP contribution in [-0.2, 0) is 5.60 Å². The molecule has 0 unspecified atom stereocenters. The lowest BCUT2D eigenvalue weighted by Crippen LogP contribution is -2.10. The van der Waals surface area contributed by atoms with Crippen LogP contribution < -0.4 is 0 Å². The first-order valence-corrected chi connectivity index (χ1v) is 4.60. The van der Waals surface area contributed by atoms with E-state index in [1.165, 1.54) is 12.1 Å². The molecule has 70 valence electrons. The van der Waals surface area contributed by atoms with Gasteiger partial charge in [-0.15, -0.1) is 0 Å². The monoisotopic (exact) mass is 200 g/mol. The van der Waals surface area contributed by atoms with Crippen molar-refractivity contribution in [1.82, 2.24) is 0 Å². The third-order valence-corrected chi connectivity index (χ3v) is 2.95. The van der Waals surface area contributed by atoms with E-state index in [-0.39, 0.29) is 5.82 Å². The molecule has 0 aromatic heterocycles. The third kappa shape index (κ3) is 1.34. The van der Waals surface area contributed by atoms with Crippen LogP contribution in [0, 0.1) is 12.7 Å². The largest absolute Gasteiger partial charge is 0.385 e. The summed E-state index contributed by atoms with van der Waals surface area (Å²) in [5, 5.41) is 10.3. The predicted molar refractivity (Wildman–Crippen MR) is 49.3 cm³/mol. The summed E-state index contributed by atoms with van der Waals surface area (Å²) in [5.74, 6) is -0.359. The number of halogens is 2. The van der Waals surface area contributed by atoms with Crippen molar-refractivity contribution in [2.24, 2.45) is 0 Å². The lowest BCUT2D eigenvalue weighted by Gasteiger charge is -2.13. The predicted octanol–water partition coefficient (Wildman–Crippen LogP) is 2.77. The molecule has 13 heavy (non-hydrogen) atoms. The van der Waals surface area contributed by atoms with Crippen molar-refractivity contribution in [3.8, 4) is 0 Å². The molecule has 0 atom stereocenters. The molecule has 3 heteroatoms. The Labute approximate surface area is 81.1 Å².